The van der Waals surface area contributed by atoms with E-state index in [-0.39, 0.29) is 18.3 Å². The third kappa shape index (κ3) is 4.09. The molecule has 0 bridgehead atoms. The first-order chi connectivity index (χ1) is 8.99. The largest absolute Gasteiger partial charge is 0.469 e. The summed E-state index contributed by atoms with van der Waals surface area (Å²) in [6.07, 6.45) is 0.223. The van der Waals surface area contributed by atoms with Crippen LogP contribution in [0.4, 0.5) is 0 Å². The van der Waals surface area contributed by atoms with E-state index in [0.717, 1.165) is 11.1 Å². The van der Waals surface area contributed by atoms with Gasteiger partial charge in [-0.25, -0.2) is 0 Å². The summed E-state index contributed by atoms with van der Waals surface area (Å²) in [6.45, 7) is 6.74. The van der Waals surface area contributed by atoms with Crippen LogP contribution in [-0.2, 0) is 9.53 Å². The van der Waals surface area contributed by atoms with Gasteiger partial charge in [-0.05, 0) is 32.4 Å². The number of hydrogen-bond donors (Lipinski definition) is 0. The molecule has 1 rings (SSSR count). The zero-order valence-corrected chi connectivity index (χ0v) is 12.0. The summed E-state index contributed by atoms with van der Waals surface area (Å²) in [5, 5.41) is 0. The summed E-state index contributed by atoms with van der Waals surface area (Å²) in [5.74, 6) is -0.334. The van der Waals surface area contributed by atoms with Gasteiger partial charge >= 0.3 is 5.97 Å². The maximum absolute atomic E-state index is 12.4. The fourth-order valence-corrected chi connectivity index (χ4v) is 1.87. The highest BCUT2D eigenvalue weighted by molar-refractivity contribution is 5.96. The maximum atomic E-state index is 12.4. The topological polar surface area (TPSA) is 46.6 Å². The number of carbonyl (C=O) groups is 2. The van der Waals surface area contributed by atoms with Crippen LogP contribution in [0.25, 0.3) is 0 Å². The predicted molar refractivity (Wildman–Crippen MR) is 74.1 cm³/mol. The van der Waals surface area contributed by atoms with E-state index < -0.39 is 0 Å². The minimum atomic E-state index is -0.299. The average Bonchev–Trinajstić information content (AvgIpc) is 2.41. The Hall–Kier alpha value is -1.84. The molecule has 19 heavy (non-hydrogen) atoms. The Kier molecular flexibility index (Phi) is 5.55. The van der Waals surface area contributed by atoms with E-state index in [1.807, 2.05) is 39.0 Å². The fourth-order valence-electron chi connectivity index (χ4n) is 1.87. The predicted octanol–water partition coefficient (Wildman–Crippen LogP) is 2.33. The third-order valence-corrected chi connectivity index (χ3v) is 3.11. The second-order valence-electron chi connectivity index (χ2n) is 4.53. The van der Waals surface area contributed by atoms with Crippen molar-refractivity contribution in [2.75, 3.05) is 20.2 Å². The molecule has 0 heterocycles. The molecular formula is C15H21NO3. The lowest BCUT2D eigenvalue weighted by Gasteiger charge is -2.21. The SMILES string of the molecule is CCN(CCC(=O)OC)C(=O)c1cc(C)ccc1C. The third-order valence-electron chi connectivity index (χ3n) is 3.11. The molecule has 0 radical (unpaired) electrons. The van der Waals surface area contributed by atoms with Gasteiger partial charge < -0.3 is 9.64 Å². The normalized spacial score (nSPS) is 10.1. The van der Waals surface area contributed by atoms with Crippen LogP contribution in [0.2, 0.25) is 0 Å². The molecular weight excluding hydrogens is 242 g/mol. The van der Waals surface area contributed by atoms with Gasteiger partial charge in [0.2, 0.25) is 0 Å². The fraction of sp³-hybridized carbons (Fsp3) is 0.467. The van der Waals surface area contributed by atoms with Gasteiger partial charge in [-0.15, -0.1) is 0 Å². The van der Waals surface area contributed by atoms with Gasteiger partial charge in [-0.1, -0.05) is 17.7 Å². The number of nitrogens with zero attached hydrogens (tertiary/aromatic N) is 1. The van der Waals surface area contributed by atoms with E-state index in [1.54, 1.807) is 4.90 Å². The molecule has 0 saturated heterocycles. The lowest BCUT2D eigenvalue weighted by molar-refractivity contribution is -0.140. The number of methoxy groups -OCH3 is 1. The van der Waals surface area contributed by atoms with Crippen LogP contribution in [0.5, 0.6) is 0 Å². The molecule has 1 aromatic rings. The summed E-state index contributed by atoms with van der Waals surface area (Å²) in [5.41, 5.74) is 2.71. The molecule has 1 aromatic carbocycles. The van der Waals surface area contributed by atoms with Crippen molar-refractivity contribution in [2.45, 2.75) is 27.2 Å². The van der Waals surface area contributed by atoms with Crippen LogP contribution in [0.1, 0.15) is 34.8 Å². The standard InChI is InChI=1S/C15H21NO3/c1-5-16(9-8-14(17)19-4)15(18)13-10-11(2)6-7-12(13)3/h6-7,10H,5,8-9H2,1-4H3. The van der Waals surface area contributed by atoms with E-state index in [2.05, 4.69) is 4.74 Å². The van der Waals surface area contributed by atoms with Gasteiger partial charge in [-0.3, -0.25) is 9.59 Å². The quantitative estimate of drug-likeness (QED) is 0.766. The molecule has 0 aromatic heterocycles. The molecule has 0 spiro atoms. The highest BCUT2D eigenvalue weighted by Gasteiger charge is 2.17. The summed E-state index contributed by atoms with van der Waals surface area (Å²) in [6, 6.07) is 5.81. The van der Waals surface area contributed by atoms with Crippen molar-refractivity contribution in [3.05, 3.63) is 34.9 Å². The Bertz CT molecular complexity index is 468. The molecule has 4 nitrogen and oxygen atoms in total. The molecule has 4 heteroatoms. The number of aryl methyl sites for hydroxylation is 2. The Labute approximate surface area is 114 Å². The lowest BCUT2D eigenvalue weighted by atomic mass is 10.0. The molecule has 0 atom stereocenters. The van der Waals surface area contributed by atoms with Crippen LogP contribution in [0, 0.1) is 13.8 Å². The van der Waals surface area contributed by atoms with E-state index in [1.165, 1.54) is 7.11 Å². The maximum Gasteiger partial charge on any atom is 0.307 e. The monoisotopic (exact) mass is 263 g/mol. The van der Waals surface area contributed by atoms with Gasteiger partial charge in [0.1, 0.15) is 0 Å². The second kappa shape index (κ2) is 6.92. The first kappa shape index (κ1) is 15.2. The van der Waals surface area contributed by atoms with Crippen LogP contribution >= 0.6 is 0 Å². The zero-order chi connectivity index (χ0) is 14.4. The van der Waals surface area contributed by atoms with Gasteiger partial charge in [0.25, 0.3) is 5.91 Å². The number of rotatable bonds is 5. The van der Waals surface area contributed by atoms with Crippen LogP contribution < -0.4 is 0 Å². The van der Waals surface area contributed by atoms with E-state index in [4.69, 9.17) is 0 Å². The van der Waals surface area contributed by atoms with Crippen molar-refractivity contribution < 1.29 is 14.3 Å². The minimum absolute atomic E-state index is 0.0346. The molecule has 104 valence electrons. The number of esters is 1. The molecule has 0 N–H and O–H groups in total. The molecule has 0 aliphatic rings. The molecule has 0 fully saturated rings. The minimum Gasteiger partial charge on any atom is -0.469 e. The van der Waals surface area contributed by atoms with Gasteiger partial charge in [0, 0.05) is 18.7 Å². The smallest absolute Gasteiger partial charge is 0.307 e. The van der Waals surface area contributed by atoms with Gasteiger partial charge in [0.15, 0.2) is 0 Å². The summed E-state index contributed by atoms with van der Waals surface area (Å²) in [4.78, 5) is 25.2. The Morgan fingerprint density at radius 1 is 1.26 bits per heavy atom. The number of carbonyl (C=O) groups excluding carboxylic acids is 2. The zero-order valence-electron chi connectivity index (χ0n) is 12.0. The molecule has 0 aliphatic heterocycles. The number of ether oxygens (including phenoxy) is 1. The Morgan fingerprint density at radius 3 is 2.53 bits per heavy atom. The van der Waals surface area contributed by atoms with E-state index in [9.17, 15) is 9.59 Å². The molecule has 0 unspecified atom stereocenters. The van der Waals surface area contributed by atoms with Crippen molar-refractivity contribution >= 4 is 11.9 Å². The Morgan fingerprint density at radius 2 is 1.95 bits per heavy atom. The lowest BCUT2D eigenvalue weighted by Crippen LogP contribution is -2.33. The first-order valence-corrected chi connectivity index (χ1v) is 6.43. The molecule has 0 aliphatic carbocycles. The number of hydrogen-bond acceptors (Lipinski definition) is 3. The van der Waals surface area contributed by atoms with Crippen LogP contribution in [0.3, 0.4) is 0 Å². The summed E-state index contributed by atoms with van der Waals surface area (Å²) in [7, 11) is 1.35. The van der Waals surface area contributed by atoms with Gasteiger partial charge in [-0.2, -0.15) is 0 Å². The number of amides is 1. The molecule has 0 saturated carbocycles. The van der Waals surface area contributed by atoms with E-state index >= 15 is 0 Å². The Balaban J connectivity index is 2.83. The summed E-state index contributed by atoms with van der Waals surface area (Å²) >= 11 is 0. The van der Waals surface area contributed by atoms with E-state index in [0.29, 0.717) is 18.7 Å². The van der Waals surface area contributed by atoms with Crippen LogP contribution in [0.15, 0.2) is 18.2 Å². The average molecular weight is 263 g/mol. The highest BCUT2D eigenvalue weighted by atomic mass is 16.5. The number of benzene rings is 1. The highest BCUT2D eigenvalue weighted by Crippen LogP contribution is 2.13. The first-order valence-electron chi connectivity index (χ1n) is 6.43. The van der Waals surface area contributed by atoms with Crippen LogP contribution in [-0.4, -0.2) is 37.0 Å². The van der Waals surface area contributed by atoms with Crippen molar-refractivity contribution in [3.63, 3.8) is 0 Å². The van der Waals surface area contributed by atoms with Crippen molar-refractivity contribution in [3.8, 4) is 0 Å². The van der Waals surface area contributed by atoms with Crippen molar-refractivity contribution in [1.82, 2.24) is 4.90 Å². The van der Waals surface area contributed by atoms with Crippen molar-refractivity contribution in [1.29, 1.82) is 0 Å². The van der Waals surface area contributed by atoms with Crippen molar-refractivity contribution in [2.24, 2.45) is 0 Å². The second-order valence-corrected chi connectivity index (χ2v) is 4.53. The van der Waals surface area contributed by atoms with Gasteiger partial charge in [0.05, 0.1) is 13.5 Å². The summed E-state index contributed by atoms with van der Waals surface area (Å²) < 4.78 is 4.60. The molecule has 1 amide bonds.